The molecule has 0 bridgehead atoms. The van der Waals surface area contributed by atoms with Crippen LogP contribution in [-0.4, -0.2) is 46.8 Å². The van der Waals surface area contributed by atoms with Gasteiger partial charge in [-0.1, -0.05) is 17.8 Å². The molecule has 3 rings (SSSR count). The van der Waals surface area contributed by atoms with Crippen LogP contribution < -0.4 is 10.5 Å². The Balaban J connectivity index is 1.79. The van der Waals surface area contributed by atoms with Crippen LogP contribution in [0.15, 0.2) is 29.3 Å². The number of thioether (sulfide) groups is 1. The van der Waals surface area contributed by atoms with Crippen molar-refractivity contribution < 1.29 is 18.7 Å². The van der Waals surface area contributed by atoms with Gasteiger partial charge in [0.05, 0.1) is 12.1 Å². The lowest BCUT2D eigenvalue weighted by Gasteiger charge is -2.30. The van der Waals surface area contributed by atoms with Crippen molar-refractivity contribution in [3.05, 3.63) is 46.9 Å². The van der Waals surface area contributed by atoms with Gasteiger partial charge in [-0.25, -0.2) is 4.39 Å². The topological polar surface area (TPSA) is 91.7 Å². The highest BCUT2D eigenvalue weighted by molar-refractivity contribution is 8.13. The number of ether oxygens (including phenoxy) is 2. The summed E-state index contributed by atoms with van der Waals surface area (Å²) in [6.07, 6.45) is 0.797. The van der Waals surface area contributed by atoms with Gasteiger partial charge in [-0.2, -0.15) is 0 Å². The summed E-state index contributed by atoms with van der Waals surface area (Å²) in [5.74, 6) is 0.660. The molecule has 156 valence electrons. The van der Waals surface area contributed by atoms with Crippen LogP contribution in [-0.2, 0) is 23.7 Å². The molecule has 1 aromatic carbocycles. The molecule has 0 amide bonds. The van der Waals surface area contributed by atoms with Crippen molar-refractivity contribution in [3.63, 3.8) is 0 Å². The number of rotatable bonds is 8. The minimum atomic E-state index is -0.729. The first kappa shape index (κ1) is 21.3. The number of hydrogen-bond donors (Lipinski definition) is 1. The van der Waals surface area contributed by atoms with Crippen molar-refractivity contribution in [3.8, 4) is 5.88 Å². The van der Waals surface area contributed by atoms with E-state index >= 15 is 0 Å². The van der Waals surface area contributed by atoms with Crippen LogP contribution in [0.5, 0.6) is 5.88 Å². The lowest BCUT2D eigenvalue weighted by Crippen LogP contribution is -2.29. The quantitative estimate of drug-likeness (QED) is 0.521. The first-order valence-corrected chi connectivity index (χ1v) is 10.3. The van der Waals surface area contributed by atoms with Crippen LogP contribution in [0.1, 0.15) is 35.0 Å². The van der Waals surface area contributed by atoms with E-state index in [0.29, 0.717) is 47.5 Å². The maximum absolute atomic E-state index is 14.6. The number of methoxy groups -OCH3 is 1. The number of aromatic nitrogens is 2. The Hall–Kier alpha value is -2.39. The predicted molar refractivity (Wildman–Crippen MR) is 111 cm³/mol. The number of halogens is 1. The summed E-state index contributed by atoms with van der Waals surface area (Å²) < 4.78 is 26.4. The fraction of sp³-hybridized carbons (Fsp3) is 0.450. The first-order valence-electron chi connectivity index (χ1n) is 9.28. The van der Waals surface area contributed by atoms with Gasteiger partial charge in [-0.3, -0.25) is 14.5 Å². The largest absolute Gasteiger partial charge is 0.474 e. The molecule has 1 atom stereocenters. The minimum Gasteiger partial charge on any atom is -0.474 e. The number of hydrogen-bond acceptors (Lipinski definition) is 7. The van der Waals surface area contributed by atoms with Crippen molar-refractivity contribution in [2.45, 2.75) is 25.3 Å². The van der Waals surface area contributed by atoms with E-state index in [1.165, 1.54) is 22.5 Å². The first-order chi connectivity index (χ1) is 13.8. The molecule has 1 aromatic heterocycles. The minimum absolute atomic E-state index is 0.119. The molecule has 0 radical (unpaired) electrons. The van der Waals surface area contributed by atoms with Crippen LogP contribution in [0, 0.1) is 5.82 Å². The van der Waals surface area contributed by atoms with Gasteiger partial charge in [-0.05, 0) is 31.0 Å². The molecule has 2 heterocycles. The van der Waals surface area contributed by atoms with E-state index in [0.717, 1.165) is 5.75 Å². The zero-order chi connectivity index (χ0) is 21.0. The molecule has 1 aliphatic rings. The van der Waals surface area contributed by atoms with E-state index in [1.807, 2.05) is 6.92 Å². The highest BCUT2D eigenvalue weighted by Gasteiger charge is 2.32. The number of carbonyl (C=O) groups is 1. The predicted octanol–water partition coefficient (Wildman–Crippen LogP) is 2.68. The van der Waals surface area contributed by atoms with Gasteiger partial charge in [0.1, 0.15) is 18.1 Å². The molecule has 0 saturated heterocycles. The Kier molecular flexibility index (Phi) is 6.59. The van der Waals surface area contributed by atoms with Crippen molar-refractivity contribution in [2.24, 2.45) is 17.8 Å². The van der Waals surface area contributed by atoms with E-state index in [2.05, 4.69) is 10.1 Å². The molecule has 1 aliphatic heterocycles. The Morgan fingerprint density at radius 2 is 2.17 bits per heavy atom. The fourth-order valence-electron chi connectivity index (χ4n) is 3.25. The number of aliphatic imine (C=N–C) groups is 1. The normalized spacial score (nSPS) is 19.1. The Morgan fingerprint density at radius 3 is 2.90 bits per heavy atom. The number of Topliss-reactive ketones (excluding diaryl/α,β-unsaturated/α-hetero) is 1. The second-order valence-corrected chi connectivity index (χ2v) is 8.18. The van der Waals surface area contributed by atoms with Gasteiger partial charge in [0.25, 0.3) is 0 Å². The third-order valence-corrected chi connectivity index (χ3v) is 5.65. The van der Waals surface area contributed by atoms with Crippen LogP contribution in [0.2, 0.25) is 0 Å². The molecule has 9 heteroatoms. The Morgan fingerprint density at radius 1 is 1.38 bits per heavy atom. The molecule has 0 spiro atoms. The maximum atomic E-state index is 14.6. The van der Waals surface area contributed by atoms with E-state index in [-0.39, 0.29) is 18.0 Å². The van der Waals surface area contributed by atoms with Crippen LogP contribution in [0.3, 0.4) is 0 Å². The molecule has 0 aliphatic carbocycles. The van der Waals surface area contributed by atoms with Crippen LogP contribution >= 0.6 is 11.8 Å². The zero-order valence-corrected chi connectivity index (χ0v) is 17.6. The van der Waals surface area contributed by atoms with Crippen molar-refractivity contribution in [1.82, 2.24) is 9.78 Å². The highest BCUT2D eigenvalue weighted by atomic mass is 32.2. The summed E-state index contributed by atoms with van der Waals surface area (Å²) in [7, 11) is 3.27. The zero-order valence-electron chi connectivity index (χ0n) is 16.8. The second kappa shape index (κ2) is 8.96. The number of nitrogens with two attached hydrogens (primary N) is 1. The smallest absolute Gasteiger partial charge is 0.233 e. The molecule has 0 saturated carbocycles. The summed E-state index contributed by atoms with van der Waals surface area (Å²) in [5, 5.41) is 4.65. The molecular weight excluding hydrogens is 395 g/mol. The monoisotopic (exact) mass is 420 g/mol. The molecule has 29 heavy (non-hydrogen) atoms. The van der Waals surface area contributed by atoms with E-state index in [4.69, 9.17) is 15.2 Å². The number of aryl methyl sites for hydroxylation is 1. The summed E-state index contributed by atoms with van der Waals surface area (Å²) in [5.41, 5.74) is 6.72. The van der Waals surface area contributed by atoms with Gasteiger partial charge < -0.3 is 15.2 Å². The molecule has 0 unspecified atom stereocenters. The standard InChI is InChI=1S/C20H25FN4O3S/c1-20(6-9-29-19(22)23-20)14-10-13(4-5-15(14)21)11-17(26)16-12-18(24-25(16)2)28-8-7-27-3/h4-5,10,12H,6-9,11H2,1-3H3,(H2,22,23)/t20-/m0/s1. The number of carbonyl (C=O) groups excluding carboxylic acids is 1. The summed E-state index contributed by atoms with van der Waals surface area (Å²) in [4.78, 5) is 17.3. The molecule has 2 aromatic rings. The number of nitrogens with zero attached hydrogens (tertiary/aromatic N) is 3. The lowest BCUT2D eigenvalue weighted by atomic mass is 9.87. The van der Waals surface area contributed by atoms with Gasteiger partial charge in [0.2, 0.25) is 5.88 Å². The number of benzene rings is 1. The van der Waals surface area contributed by atoms with Gasteiger partial charge in [0.15, 0.2) is 11.0 Å². The second-order valence-electron chi connectivity index (χ2n) is 7.07. The number of ketones is 1. The van der Waals surface area contributed by atoms with Crippen LogP contribution in [0.25, 0.3) is 0 Å². The highest BCUT2D eigenvalue weighted by Crippen LogP contribution is 2.36. The van der Waals surface area contributed by atoms with E-state index in [9.17, 15) is 9.18 Å². The fourth-order valence-corrected chi connectivity index (χ4v) is 4.23. The summed E-state index contributed by atoms with van der Waals surface area (Å²) in [6.45, 7) is 2.65. The van der Waals surface area contributed by atoms with Crippen molar-refractivity contribution in [1.29, 1.82) is 0 Å². The average molecular weight is 421 g/mol. The molecule has 0 fully saturated rings. The van der Waals surface area contributed by atoms with Gasteiger partial charge in [0, 0.05) is 38.0 Å². The van der Waals surface area contributed by atoms with E-state index in [1.54, 1.807) is 32.4 Å². The van der Waals surface area contributed by atoms with E-state index < -0.39 is 5.54 Å². The maximum Gasteiger partial charge on any atom is 0.233 e. The molecule has 2 N–H and O–H groups in total. The average Bonchev–Trinajstić information content (AvgIpc) is 3.04. The molecule has 7 nitrogen and oxygen atoms in total. The van der Waals surface area contributed by atoms with Crippen molar-refractivity contribution >= 4 is 22.7 Å². The van der Waals surface area contributed by atoms with Crippen LogP contribution in [0.4, 0.5) is 4.39 Å². The molecular formula is C20H25FN4O3S. The van der Waals surface area contributed by atoms with Crippen molar-refractivity contribution in [2.75, 3.05) is 26.1 Å². The number of amidine groups is 1. The Labute approximate surface area is 173 Å². The third kappa shape index (κ3) is 4.97. The lowest BCUT2D eigenvalue weighted by molar-refractivity contribution is 0.0984. The van der Waals surface area contributed by atoms with Gasteiger partial charge >= 0.3 is 0 Å². The summed E-state index contributed by atoms with van der Waals surface area (Å²) in [6, 6.07) is 6.33. The summed E-state index contributed by atoms with van der Waals surface area (Å²) >= 11 is 1.47. The SMILES string of the molecule is COCCOc1cc(C(=O)Cc2ccc(F)c([C@]3(C)CCSC(N)=N3)c2)n(C)n1. The van der Waals surface area contributed by atoms with Gasteiger partial charge in [-0.15, -0.1) is 5.10 Å². The third-order valence-electron chi connectivity index (χ3n) is 4.85. The Bertz CT molecular complexity index is 930.